The van der Waals surface area contributed by atoms with Gasteiger partial charge in [-0.2, -0.15) is 0 Å². The predicted octanol–water partition coefficient (Wildman–Crippen LogP) is 4.01. The molecule has 0 N–H and O–H groups in total. The molecule has 0 saturated carbocycles. The Labute approximate surface area is 181 Å². The summed E-state index contributed by atoms with van der Waals surface area (Å²) in [7, 11) is -0.440. The Balaban J connectivity index is 1.62. The minimum Gasteiger partial charge on any atom is -0.494 e. The van der Waals surface area contributed by atoms with Gasteiger partial charge >= 0.3 is 13.2 Å². The summed E-state index contributed by atoms with van der Waals surface area (Å²) in [6.07, 6.45) is 2.72. The van der Waals surface area contributed by atoms with Crippen LogP contribution in [0.15, 0.2) is 24.3 Å². The van der Waals surface area contributed by atoms with Crippen LogP contribution in [-0.2, 0) is 14.0 Å². The highest BCUT2D eigenvalue weighted by atomic mass is 16.6. The molecule has 1 aromatic rings. The number of carbonyl (C=O) groups is 1. The average Bonchev–Trinajstić information content (AvgIpc) is 2.64. The van der Waals surface area contributed by atoms with E-state index in [1.165, 1.54) is 0 Å². The smallest absolute Gasteiger partial charge is 0.494 e. The zero-order valence-electron chi connectivity index (χ0n) is 19.3. The van der Waals surface area contributed by atoms with Gasteiger partial charge < -0.3 is 23.7 Å². The Morgan fingerprint density at radius 3 is 2.73 bits per heavy atom. The van der Waals surface area contributed by atoms with Gasteiger partial charge in [0, 0.05) is 30.6 Å². The highest BCUT2D eigenvalue weighted by Gasteiger charge is 2.39. The molecule has 0 aliphatic carbocycles. The summed E-state index contributed by atoms with van der Waals surface area (Å²) in [6.45, 7) is 13.9. The van der Waals surface area contributed by atoms with E-state index in [2.05, 4.69) is 20.8 Å². The van der Waals surface area contributed by atoms with Crippen LogP contribution in [0.25, 0.3) is 0 Å². The molecule has 2 atom stereocenters. The van der Waals surface area contributed by atoms with Crippen molar-refractivity contribution in [1.29, 1.82) is 0 Å². The van der Waals surface area contributed by atoms with Crippen LogP contribution in [0.1, 0.15) is 60.8 Å². The van der Waals surface area contributed by atoms with Gasteiger partial charge in [0.1, 0.15) is 11.4 Å². The van der Waals surface area contributed by atoms with E-state index in [0.717, 1.165) is 37.0 Å². The van der Waals surface area contributed by atoms with Crippen LogP contribution in [-0.4, -0.2) is 55.1 Å². The molecular weight excluding hydrogens is 381 g/mol. The van der Waals surface area contributed by atoms with Gasteiger partial charge in [-0.05, 0) is 66.9 Å². The van der Waals surface area contributed by atoms with Crippen molar-refractivity contribution in [2.24, 2.45) is 5.92 Å². The summed E-state index contributed by atoms with van der Waals surface area (Å²) in [5.74, 6) is 1.05. The molecule has 1 aromatic carbocycles. The van der Waals surface area contributed by atoms with Crippen molar-refractivity contribution in [3.8, 4) is 5.75 Å². The molecule has 3 rings (SSSR count). The summed E-state index contributed by atoms with van der Waals surface area (Å²) in [5, 5.41) is 0. The second kappa shape index (κ2) is 9.19. The van der Waals surface area contributed by atoms with Crippen LogP contribution < -0.4 is 10.2 Å². The van der Waals surface area contributed by atoms with Crippen LogP contribution >= 0.6 is 0 Å². The van der Waals surface area contributed by atoms with Crippen LogP contribution in [0.4, 0.5) is 4.79 Å². The first-order valence-electron chi connectivity index (χ1n) is 11.1. The van der Waals surface area contributed by atoms with Crippen LogP contribution in [0.3, 0.4) is 0 Å². The predicted molar refractivity (Wildman–Crippen MR) is 118 cm³/mol. The lowest BCUT2D eigenvalue weighted by Crippen LogP contribution is -2.52. The van der Waals surface area contributed by atoms with Crippen molar-refractivity contribution in [3.63, 3.8) is 0 Å². The third-order valence-corrected chi connectivity index (χ3v) is 5.38. The summed E-state index contributed by atoms with van der Waals surface area (Å²) in [6, 6.07) is 7.90. The zero-order chi connectivity index (χ0) is 21.9. The minimum absolute atomic E-state index is 0.118. The standard InChI is InChI=1S/C23H36BNO5/c1-17-14-23(5,6)30-24(29-17)19-11-7-8-12-20(19)27-16-18-10-9-13-25(15-18)21(26)28-22(2,3)4/h7-8,11-12,17-18H,9-10,13-16H2,1-6H3. The van der Waals surface area contributed by atoms with E-state index in [0.29, 0.717) is 13.2 Å². The van der Waals surface area contributed by atoms with Crippen LogP contribution in [0.5, 0.6) is 5.75 Å². The van der Waals surface area contributed by atoms with Crippen molar-refractivity contribution in [3.05, 3.63) is 24.3 Å². The molecule has 0 radical (unpaired) electrons. The molecule has 2 saturated heterocycles. The van der Waals surface area contributed by atoms with Crippen molar-refractivity contribution in [2.45, 2.75) is 78.1 Å². The maximum atomic E-state index is 12.4. The van der Waals surface area contributed by atoms with Crippen molar-refractivity contribution in [1.82, 2.24) is 4.90 Å². The third-order valence-electron chi connectivity index (χ3n) is 5.38. The number of amides is 1. The molecule has 2 aliphatic rings. The van der Waals surface area contributed by atoms with E-state index in [9.17, 15) is 4.79 Å². The lowest BCUT2D eigenvalue weighted by Gasteiger charge is -2.38. The van der Waals surface area contributed by atoms with Gasteiger partial charge in [0.05, 0.1) is 12.2 Å². The molecule has 1 amide bonds. The molecule has 2 heterocycles. The Morgan fingerprint density at radius 1 is 1.30 bits per heavy atom. The van der Waals surface area contributed by atoms with Crippen molar-refractivity contribution in [2.75, 3.05) is 19.7 Å². The second-order valence-corrected chi connectivity index (χ2v) is 10.1. The number of piperidine rings is 1. The topological polar surface area (TPSA) is 57.2 Å². The summed E-state index contributed by atoms with van der Waals surface area (Å²) < 4.78 is 24.0. The molecule has 2 aliphatic heterocycles. The average molecular weight is 417 g/mol. The number of rotatable bonds is 4. The summed E-state index contributed by atoms with van der Waals surface area (Å²) in [4.78, 5) is 14.2. The molecule has 6 nitrogen and oxygen atoms in total. The second-order valence-electron chi connectivity index (χ2n) is 10.1. The fourth-order valence-electron chi connectivity index (χ4n) is 4.16. The fourth-order valence-corrected chi connectivity index (χ4v) is 4.16. The number of ether oxygens (including phenoxy) is 2. The first-order chi connectivity index (χ1) is 14.0. The van der Waals surface area contributed by atoms with E-state index >= 15 is 0 Å². The summed E-state index contributed by atoms with van der Waals surface area (Å²) >= 11 is 0. The van der Waals surface area contributed by atoms with Gasteiger partial charge in [0.25, 0.3) is 0 Å². The number of hydrogen-bond donors (Lipinski definition) is 0. The van der Waals surface area contributed by atoms with Gasteiger partial charge in [-0.1, -0.05) is 18.2 Å². The van der Waals surface area contributed by atoms with Gasteiger partial charge in [-0.25, -0.2) is 4.79 Å². The van der Waals surface area contributed by atoms with Crippen molar-refractivity contribution >= 4 is 18.7 Å². The lowest BCUT2D eigenvalue weighted by molar-refractivity contribution is -0.0231. The first-order valence-corrected chi connectivity index (χ1v) is 11.1. The highest BCUT2D eigenvalue weighted by Crippen LogP contribution is 2.27. The SMILES string of the molecule is CC1CC(C)(C)OB(c2ccccc2OCC2CCCN(C(=O)OC(C)(C)C)C2)O1. The van der Waals surface area contributed by atoms with E-state index in [-0.39, 0.29) is 23.7 Å². The Bertz CT molecular complexity index is 733. The van der Waals surface area contributed by atoms with E-state index in [4.69, 9.17) is 18.8 Å². The normalized spacial score (nSPS) is 24.5. The van der Waals surface area contributed by atoms with Crippen LogP contribution in [0.2, 0.25) is 0 Å². The maximum absolute atomic E-state index is 12.4. The van der Waals surface area contributed by atoms with Gasteiger partial charge in [-0.15, -0.1) is 0 Å². The van der Waals surface area contributed by atoms with E-state index in [1.54, 1.807) is 4.90 Å². The number of hydrogen-bond acceptors (Lipinski definition) is 5. The molecule has 166 valence electrons. The van der Waals surface area contributed by atoms with Crippen LogP contribution in [0, 0.1) is 5.92 Å². The minimum atomic E-state index is -0.482. The molecule has 0 bridgehead atoms. The van der Waals surface area contributed by atoms with E-state index in [1.807, 2.05) is 45.0 Å². The fraction of sp³-hybridized carbons (Fsp3) is 0.696. The first kappa shape index (κ1) is 22.9. The number of benzene rings is 1. The largest absolute Gasteiger partial charge is 0.498 e. The Hall–Kier alpha value is -1.73. The highest BCUT2D eigenvalue weighted by molar-refractivity contribution is 6.62. The molecule has 2 fully saturated rings. The monoisotopic (exact) mass is 417 g/mol. The molecule has 30 heavy (non-hydrogen) atoms. The van der Waals surface area contributed by atoms with E-state index < -0.39 is 12.7 Å². The summed E-state index contributed by atoms with van der Waals surface area (Å²) in [5.41, 5.74) is 0.189. The molecule has 0 aromatic heterocycles. The lowest BCUT2D eigenvalue weighted by atomic mass is 9.74. The molecule has 2 unspecified atom stereocenters. The van der Waals surface area contributed by atoms with Gasteiger partial charge in [-0.3, -0.25) is 0 Å². The molecule has 7 heteroatoms. The number of nitrogens with zero attached hydrogens (tertiary/aromatic N) is 1. The maximum Gasteiger partial charge on any atom is 0.498 e. The number of likely N-dealkylation sites (tertiary alicyclic amines) is 1. The zero-order valence-corrected chi connectivity index (χ0v) is 19.3. The molecule has 0 spiro atoms. The molecular formula is C23H36BNO5. The van der Waals surface area contributed by atoms with Gasteiger partial charge in [0.2, 0.25) is 0 Å². The Morgan fingerprint density at radius 2 is 2.03 bits per heavy atom. The van der Waals surface area contributed by atoms with Gasteiger partial charge in [0.15, 0.2) is 0 Å². The number of carbonyl (C=O) groups excluding carboxylic acids is 1. The quantitative estimate of drug-likeness (QED) is 0.693. The Kier molecular flexibility index (Phi) is 7.03. The number of para-hydroxylation sites is 1. The third kappa shape index (κ3) is 6.38. The van der Waals surface area contributed by atoms with Crippen molar-refractivity contribution < 1.29 is 23.6 Å².